The van der Waals surface area contributed by atoms with Crippen molar-refractivity contribution in [3.05, 3.63) is 78.5 Å². The van der Waals surface area contributed by atoms with E-state index in [1.54, 1.807) is 19.4 Å². The average Bonchev–Trinajstić information content (AvgIpc) is 3.24. The van der Waals surface area contributed by atoms with Gasteiger partial charge in [0.2, 0.25) is 5.88 Å². The SMILES string of the molecule is COc1ccc(-c2c(N)ncnc2N[C@@H](C)c2cc3ncc(C)n3nc2-c2ccccc2)cn1. The maximum absolute atomic E-state index is 6.26. The fraction of sp³-hybridized carbons (Fsp3) is 0.160. The first-order chi connectivity index (χ1) is 16.5. The lowest BCUT2D eigenvalue weighted by atomic mass is 10.0. The molecule has 170 valence electrons. The van der Waals surface area contributed by atoms with Crippen LogP contribution in [0.25, 0.3) is 28.0 Å². The lowest BCUT2D eigenvalue weighted by Crippen LogP contribution is -2.13. The number of nitrogens with zero attached hydrogens (tertiary/aromatic N) is 6. The van der Waals surface area contributed by atoms with Gasteiger partial charge >= 0.3 is 0 Å². The number of fused-ring (bicyclic) bond motifs is 1. The Bertz CT molecular complexity index is 1450. The van der Waals surface area contributed by atoms with Crippen LogP contribution in [0.3, 0.4) is 0 Å². The van der Waals surface area contributed by atoms with Crippen molar-refractivity contribution in [2.75, 3.05) is 18.2 Å². The van der Waals surface area contributed by atoms with Crippen LogP contribution < -0.4 is 15.8 Å². The Morgan fingerprint density at radius 1 is 0.971 bits per heavy atom. The number of hydrogen-bond donors (Lipinski definition) is 2. The van der Waals surface area contributed by atoms with E-state index in [0.717, 1.165) is 33.7 Å². The lowest BCUT2D eigenvalue weighted by Gasteiger charge is -2.20. The molecule has 0 saturated carbocycles. The predicted octanol–water partition coefficient (Wildman–Crippen LogP) is 4.32. The third-order valence-corrected chi connectivity index (χ3v) is 5.67. The molecule has 5 rings (SSSR count). The van der Waals surface area contributed by atoms with E-state index in [-0.39, 0.29) is 6.04 Å². The smallest absolute Gasteiger partial charge is 0.212 e. The van der Waals surface area contributed by atoms with E-state index in [1.165, 1.54) is 6.33 Å². The number of imidazole rings is 1. The molecule has 0 spiro atoms. The number of rotatable bonds is 6. The summed E-state index contributed by atoms with van der Waals surface area (Å²) < 4.78 is 7.03. The minimum Gasteiger partial charge on any atom is -0.481 e. The monoisotopic (exact) mass is 452 g/mol. The molecule has 0 fully saturated rings. The zero-order chi connectivity index (χ0) is 23.7. The number of nitrogen functional groups attached to an aromatic ring is 1. The van der Waals surface area contributed by atoms with Crippen molar-refractivity contribution >= 4 is 17.3 Å². The topological polar surface area (TPSA) is 116 Å². The Morgan fingerprint density at radius 3 is 2.53 bits per heavy atom. The number of anilines is 2. The highest BCUT2D eigenvalue weighted by atomic mass is 16.5. The summed E-state index contributed by atoms with van der Waals surface area (Å²) >= 11 is 0. The van der Waals surface area contributed by atoms with Crippen molar-refractivity contribution in [3.63, 3.8) is 0 Å². The van der Waals surface area contributed by atoms with Crippen LogP contribution in [-0.2, 0) is 0 Å². The second kappa shape index (κ2) is 8.78. The summed E-state index contributed by atoms with van der Waals surface area (Å²) in [5, 5.41) is 8.43. The van der Waals surface area contributed by atoms with Crippen molar-refractivity contribution in [3.8, 4) is 28.3 Å². The molecular weight excluding hydrogens is 428 g/mol. The summed E-state index contributed by atoms with van der Waals surface area (Å²) in [6.07, 6.45) is 4.96. The van der Waals surface area contributed by atoms with E-state index in [4.69, 9.17) is 15.6 Å². The number of nitrogens with two attached hydrogens (primary N) is 1. The Balaban J connectivity index is 1.58. The normalized spacial score (nSPS) is 12.0. The number of hydrogen-bond acceptors (Lipinski definition) is 8. The van der Waals surface area contributed by atoms with Crippen LogP contribution >= 0.6 is 0 Å². The van der Waals surface area contributed by atoms with Crippen molar-refractivity contribution in [1.29, 1.82) is 0 Å². The van der Waals surface area contributed by atoms with Gasteiger partial charge in [0.1, 0.15) is 18.0 Å². The second-order valence-corrected chi connectivity index (χ2v) is 7.92. The van der Waals surface area contributed by atoms with Gasteiger partial charge in [-0.25, -0.2) is 24.5 Å². The molecule has 3 N–H and O–H groups in total. The van der Waals surface area contributed by atoms with Gasteiger partial charge in [0.05, 0.1) is 36.3 Å². The summed E-state index contributed by atoms with van der Waals surface area (Å²) in [6, 6.07) is 15.6. The molecule has 9 heteroatoms. The Kier molecular flexibility index (Phi) is 5.51. The van der Waals surface area contributed by atoms with Gasteiger partial charge in [-0.15, -0.1) is 0 Å². The third-order valence-electron chi connectivity index (χ3n) is 5.67. The first kappa shape index (κ1) is 21.3. The molecule has 4 aromatic heterocycles. The molecule has 5 aromatic rings. The molecule has 0 radical (unpaired) electrons. The summed E-state index contributed by atoms with van der Waals surface area (Å²) in [4.78, 5) is 17.5. The van der Waals surface area contributed by atoms with Gasteiger partial charge in [0.15, 0.2) is 5.65 Å². The van der Waals surface area contributed by atoms with Gasteiger partial charge in [-0.2, -0.15) is 5.10 Å². The number of pyridine rings is 1. The van der Waals surface area contributed by atoms with Gasteiger partial charge < -0.3 is 15.8 Å². The number of nitrogens with one attached hydrogen (secondary N) is 1. The molecule has 0 aliphatic heterocycles. The van der Waals surface area contributed by atoms with E-state index in [2.05, 4.69) is 38.2 Å². The fourth-order valence-electron chi connectivity index (χ4n) is 3.92. The number of aromatic nitrogens is 6. The molecule has 34 heavy (non-hydrogen) atoms. The number of ether oxygens (including phenoxy) is 1. The van der Waals surface area contributed by atoms with Crippen LogP contribution in [0.15, 0.2) is 67.3 Å². The molecule has 0 aliphatic carbocycles. The zero-order valence-electron chi connectivity index (χ0n) is 19.1. The Labute approximate surface area is 196 Å². The Hall–Kier alpha value is -4.53. The molecule has 4 heterocycles. The standard InChI is InChI=1S/C25H24N8O/c1-15-12-27-20-11-19(23(32-33(15)20)17-7-5-4-6-8-17)16(2)31-25-22(24(26)29-14-30-25)18-9-10-21(34-3)28-13-18/h4-14,16H,1-3H3,(H3,26,29,30,31)/t16-/m0/s1. The molecule has 1 aromatic carbocycles. The summed E-state index contributed by atoms with van der Waals surface area (Å²) in [5.74, 6) is 1.48. The zero-order valence-corrected chi connectivity index (χ0v) is 19.1. The van der Waals surface area contributed by atoms with Crippen LogP contribution in [-0.4, -0.2) is 36.7 Å². The highest BCUT2D eigenvalue weighted by Gasteiger charge is 2.20. The van der Waals surface area contributed by atoms with Crippen molar-refractivity contribution in [2.45, 2.75) is 19.9 Å². The fourth-order valence-corrected chi connectivity index (χ4v) is 3.92. The van der Waals surface area contributed by atoms with Crippen molar-refractivity contribution in [2.24, 2.45) is 0 Å². The highest BCUT2D eigenvalue weighted by molar-refractivity contribution is 5.83. The van der Waals surface area contributed by atoms with Crippen molar-refractivity contribution in [1.82, 2.24) is 29.5 Å². The summed E-state index contributed by atoms with van der Waals surface area (Å²) in [7, 11) is 1.58. The van der Waals surface area contributed by atoms with Crippen LogP contribution in [0.1, 0.15) is 24.2 Å². The maximum Gasteiger partial charge on any atom is 0.212 e. The molecule has 0 aliphatic rings. The Morgan fingerprint density at radius 2 is 1.79 bits per heavy atom. The van der Waals surface area contributed by atoms with E-state index in [1.807, 2.05) is 54.0 Å². The maximum atomic E-state index is 6.26. The average molecular weight is 453 g/mol. The van der Waals surface area contributed by atoms with E-state index >= 15 is 0 Å². The van der Waals surface area contributed by atoms with Gasteiger partial charge in [0.25, 0.3) is 0 Å². The second-order valence-electron chi connectivity index (χ2n) is 7.92. The minimum atomic E-state index is -0.163. The molecule has 0 bridgehead atoms. The molecule has 0 unspecified atom stereocenters. The lowest BCUT2D eigenvalue weighted by molar-refractivity contribution is 0.398. The van der Waals surface area contributed by atoms with Gasteiger partial charge in [0, 0.05) is 29.0 Å². The van der Waals surface area contributed by atoms with Gasteiger partial charge in [-0.3, -0.25) is 0 Å². The van der Waals surface area contributed by atoms with Gasteiger partial charge in [-0.1, -0.05) is 30.3 Å². The molecular formula is C25H24N8O. The number of methoxy groups -OCH3 is 1. The van der Waals surface area contributed by atoms with Crippen LogP contribution in [0.2, 0.25) is 0 Å². The molecule has 1 atom stereocenters. The molecule has 9 nitrogen and oxygen atoms in total. The third kappa shape index (κ3) is 3.88. The quantitative estimate of drug-likeness (QED) is 0.391. The van der Waals surface area contributed by atoms with E-state index in [9.17, 15) is 0 Å². The highest BCUT2D eigenvalue weighted by Crippen LogP contribution is 2.35. The van der Waals surface area contributed by atoms with E-state index < -0.39 is 0 Å². The van der Waals surface area contributed by atoms with E-state index in [0.29, 0.717) is 23.1 Å². The largest absolute Gasteiger partial charge is 0.481 e. The summed E-state index contributed by atoms with van der Waals surface area (Å²) in [6.45, 7) is 4.05. The molecule has 0 saturated heterocycles. The van der Waals surface area contributed by atoms with Crippen LogP contribution in [0, 0.1) is 6.92 Å². The number of benzene rings is 1. The minimum absolute atomic E-state index is 0.163. The van der Waals surface area contributed by atoms with Crippen LogP contribution in [0.4, 0.5) is 11.6 Å². The summed E-state index contributed by atoms with van der Waals surface area (Å²) in [5.41, 5.74) is 12.3. The molecule has 0 amide bonds. The van der Waals surface area contributed by atoms with Crippen molar-refractivity contribution < 1.29 is 4.74 Å². The van der Waals surface area contributed by atoms with Crippen LogP contribution in [0.5, 0.6) is 5.88 Å². The first-order valence-corrected chi connectivity index (χ1v) is 10.8. The number of aryl methyl sites for hydroxylation is 1. The predicted molar refractivity (Wildman–Crippen MR) is 131 cm³/mol. The van der Waals surface area contributed by atoms with Gasteiger partial charge in [-0.05, 0) is 26.0 Å². The first-order valence-electron chi connectivity index (χ1n) is 10.8.